The lowest BCUT2D eigenvalue weighted by Gasteiger charge is -2.31. The molecule has 1 aliphatic heterocycles. The Morgan fingerprint density at radius 1 is 1.33 bits per heavy atom. The number of ether oxygens (including phenoxy) is 1. The smallest absolute Gasteiger partial charge is 0.384 e. The normalized spacial score (nSPS) is 27.1. The van der Waals surface area contributed by atoms with E-state index in [1.165, 1.54) is 17.8 Å². The molecule has 2 aromatic heterocycles. The number of carbonyl (C=O) groups is 1. The van der Waals surface area contributed by atoms with Crippen LogP contribution in [0.2, 0.25) is 0 Å². The van der Waals surface area contributed by atoms with Crippen LogP contribution in [0.15, 0.2) is 18.5 Å². The second-order valence-electron chi connectivity index (χ2n) is 9.21. The van der Waals surface area contributed by atoms with Crippen molar-refractivity contribution < 1.29 is 31.5 Å². The molecule has 0 aromatic carbocycles. The third-order valence-electron chi connectivity index (χ3n) is 6.75. The monoisotopic (exact) mass is 475 g/mol. The van der Waals surface area contributed by atoms with Crippen molar-refractivity contribution in [2.24, 2.45) is 17.1 Å². The molecule has 1 aliphatic carbocycles. The molecule has 1 saturated heterocycles. The number of nitrogens with two attached hydrogens (primary N) is 1. The highest BCUT2D eigenvalue weighted by Gasteiger charge is 2.55. The Morgan fingerprint density at radius 2 is 2.03 bits per heavy atom. The minimum Gasteiger partial charge on any atom is -0.384 e. The molecular formula is C21H26F5N5O2. The van der Waals surface area contributed by atoms with E-state index >= 15 is 0 Å². The van der Waals surface area contributed by atoms with Crippen molar-refractivity contribution in [3.05, 3.63) is 29.7 Å². The van der Waals surface area contributed by atoms with Gasteiger partial charge in [0.15, 0.2) is 5.65 Å². The maximum absolute atomic E-state index is 13.5. The molecule has 4 rings (SSSR count). The molecule has 0 bridgehead atoms. The Kier molecular flexibility index (Phi) is 6.10. The predicted octanol–water partition coefficient (Wildman–Crippen LogP) is 3.18. The van der Waals surface area contributed by atoms with Gasteiger partial charge in [0.05, 0.1) is 36.2 Å². The van der Waals surface area contributed by atoms with Gasteiger partial charge in [0.25, 0.3) is 0 Å². The number of hydrogen-bond donors (Lipinski definition) is 2. The van der Waals surface area contributed by atoms with Crippen LogP contribution in [0.3, 0.4) is 0 Å². The molecule has 0 spiro atoms. The molecule has 1 amide bonds. The average Bonchev–Trinajstić information content (AvgIpc) is 3.29. The summed E-state index contributed by atoms with van der Waals surface area (Å²) in [4.78, 5) is 17.0. The first-order valence-corrected chi connectivity index (χ1v) is 10.8. The molecule has 1 saturated carbocycles. The predicted molar refractivity (Wildman–Crippen MR) is 107 cm³/mol. The first-order chi connectivity index (χ1) is 15.4. The van der Waals surface area contributed by atoms with Crippen LogP contribution in [-0.2, 0) is 16.0 Å². The standard InChI is InChI=1S/C21H26F5N5O2/c1-33-11-19(8-15(21(24,25)26)30-18(19)32)7-12-6-16-29-14(10-31(16)28-9-12)17(27)13-2-4-20(22,23)5-3-13/h6,9-10,13,15,17H,2-5,7-8,11,27H2,1H3,(H,30,32)/t15-,17-,19?/m0/s1. The summed E-state index contributed by atoms with van der Waals surface area (Å²) >= 11 is 0. The lowest BCUT2D eigenvalue weighted by atomic mass is 9.80. The summed E-state index contributed by atoms with van der Waals surface area (Å²) < 4.78 is 73.1. The molecule has 3 atom stereocenters. The summed E-state index contributed by atoms with van der Waals surface area (Å²) in [5.41, 5.74) is 6.38. The minimum absolute atomic E-state index is 0.00525. The number of nitrogens with one attached hydrogen (secondary N) is 1. The van der Waals surface area contributed by atoms with Crippen molar-refractivity contribution in [3.8, 4) is 0 Å². The number of methoxy groups -OCH3 is 1. The summed E-state index contributed by atoms with van der Waals surface area (Å²) in [5, 5.41) is 6.30. The van der Waals surface area contributed by atoms with Crippen molar-refractivity contribution >= 4 is 11.6 Å². The first-order valence-electron chi connectivity index (χ1n) is 10.8. The third kappa shape index (κ3) is 4.81. The number of hydrogen-bond acceptors (Lipinski definition) is 5. The molecular weight excluding hydrogens is 449 g/mol. The Morgan fingerprint density at radius 3 is 2.64 bits per heavy atom. The molecule has 2 fully saturated rings. The van der Waals surface area contributed by atoms with Gasteiger partial charge in [0.1, 0.15) is 6.04 Å². The van der Waals surface area contributed by atoms with E-state index in [1.807, 2.05) is 5.32 Å². The maximum Gasteiger partial charge on any atom is 0.408 e. The third-order valence-corrected chi connectivity index (χ3v) is 6.75. The Balaban J connectivity index is 1.54. The molecule has 33 heavy (non-hydrogen) atoms. The van der Waals surface area contributed by atoms with Crippen LogP contribution < -0.4 is 11.1 Å². The molecule has 7 nitrogen and oxygen atoms in total. The summed E-state index contributed by atoms with van der Waals surface area (Å²) in [6.07, 6.45) is -1.70. The van der Waals surface area contributed by atoms with Crippen molar-refractivity contribution in [3.63, 3.8) is 0 Å². The van der Waals surface area contributed by atoms with Crippen molar-refractivity contribution in [1.29, 1.82) is 0 Å². The van der Waals surface area contributed by atoms with E-state index in [2.05, 4.69) is 10.1 Å². The van der Waals surface area contributed by atoms with Crippen LogP contribution in [-0.4, -0.2) is 52.4 Å². The summed E-state index contributed by atoms with van der Waals surface area (Å²) in [6, 6.07) is -0.820. The van der Waals surface area contributed by atoms with Crippen molar-refractivity contribution in [2.75, 3.05) is 13.7 Å². The fourth-order valence-corrected chi connectivity index (χ4v) is 4.89. The number of aromatic nitrogens is 3. The van der Waals surface area contributed by atoms with Crippen molar-refractivity contribution in [1.82, 2.24) is 19.9 Å². The average molecular weight is 475 g/mol. The zero-order chi connectivity index (χ0) is 24.0. The van der Waals surface area contributed by atoms with Gasteiger partial charge >= 0.3 is 6.18 Å². The number of rotatable bonds is 6. The van der Waals surface area contributed by atoms with Gasteiger partial charge in [-0.25, -0.2) is 18.3 Å². The van der Waals surface area contributed by atoms with Gasteiger partial charge in [-0.15, -0.1) is 0 Å². The largest absolute Gasteiger partial charge is 0.408 e. The molecule has 2 aliphatic rings. The SMILES string of the molecule is COCC1(Cc2cnn3cc([C@@H](N)C4CCC(F)(F)CC4)nc3c2)C[C@@H](C(F)(F)F)NC1=O. The maximum atomic E-state index is 13.5. The Hall–Kier alpha value is -2.34. The molecule has 3 N–H and O–H groups in total. The molecule has 12 heteroatoms. The Bertz CT molecular complexity index is 1020. The van der Waals surface area contributed by atoms with Gasteiger partial charge in [-0.1, -0.05) is 0 Å². The van der Waals surface area contributed by atoms with Crippen molar-refractivity contribution in [2.45, 2.75) is 62.7 Å². The molecule has 3 heterocycles. The number of amides is 1. The van der Waals surface area contributed by atoms with Gasteiger partial charge < -0.3 is 15.8 Å². The molecule has 2 aromatic rings. The summed E-state index contributed by atoms with van der Waals surface area (Å²) in [6.45, 7) is -0.173. The lowest BCUT2D eigenvalue weighted by Crippen LogP contribution is -2.40. The second kappa shape index (κ2) is 8.46. The van der Waals surface area contributed by atoms with E-state index in [9.17, 15) is 26.7 Å². The van der Waals surface area contributed by atoms with Gasteiger partial charge in [0.2, 0.25) is 11.8 Å². The number of alkyl halides is 5. The number of halogens is 5. The minimum atomic E-state index is -4.55. The van der Waals surface area contributed by atoms with Crippen LogP contribution in [0.1, 0.15) is 49.4 Å². The molecule has 0 radical (unpaired) electrons. The van der Waals surface area contributed by atoms with Crippen LogP contribution in [0, 0.1) is 11.3 Å². The Labute approximate surface area is 186 Å². The zero-order valence-electron chi connectivity index (χ0n) is 18.0. The fourth-order valence-electron chi connectivity index (χ4n) is 4.89. The van der Waals surface area contributed by atoms with E-state index in [-0.39, 0.29) is 31.8 Å². The van der Waals surface area contributed by atoms with Crippen LogP contribution in [0.25, 0.3) is 5.65 Å². The van der Waals surface area contributed by atoms with Crippen LogP contribution in [0.4, 0.5) is 22.0 Å². The summed E-state index contributed by atoms with van der Waals surface area (Å²) in [5.74, 6) is -3.49. The number of fused-ring (bicyclic) bond motifs is 1. The molecule has 182 valence electrons. The van der Waals surface area contributed by atoms with E-state index in [4.69, 9.17) is 10.5 Å². The fraction of sp³-hybridized carbons (Fsp3) is 0.667. The first kappa shape index (κ1) is 23.8. The zero-order valence-corrected chi connectivity index (χ0v) is 18.0. The highest BCUT2D eigenvalue weighted by Crippen LogP contribution is 2.41. The highest BCUT2D eigenvalue weighted by atomic mass is 19.4. The highest BCUT2D eigenvalue weighted by molar-refractivity contribution is 5.86. The number of carbonyl (C=O) groups excluding carboxylic acids is 1. The van der Waals surface area contributed by atoms with Gasteiger partial charge in [-0.2, -0.15) is 18.3 Å². The molecule has 1 unspecified atom stereocenters. The van der Waals surface area contributed by atoms with E-state index in [0.717, 1.165) is 0 Å². The van der Waals surface area contributed by atoms with E-state index in [1.54, 1.807) is 12.3 Å². The second-order valence-corrected chi connectivity index (χ2v) is 9.21. The number of imidazole rings is 1. The van der Waals surface area contributed by atoms with E-state index < -0.39 is 41.9 Å². The van der Waals surface area contributed by atoms with Crippen LogP contribution in [0.5, 0.6) is 0 Å². The quantitative estimate of drug-likeness (QED) is 0.626. The summed E-state index contributed by atoms with van der Waals surface area (Å²) in [7, 11) is 1.33. The lowest BCUT2D eigenvalue weighted by molar-refractivity contribution is -0.155. The van der Waals surface area contributed by atoms with Gasteiger partial charge in [0, 0.05) is 20.0 Å². The van der Waals surface area contributed by atoms with Gasteiger partial charge in [-0.3, -0.25) is 4.79 Å². The van der Waals surface area contributed by atoms with E-state index in [0.29, 0.717) is 29.7 Å². The number of nitrogens with zero attached hydrogens (tertiary/aromatic N) is 3. The van der Waals surface area contributed by atoms with Gasteiger partial charge in [-0.05, 0) is 43.2 Å². The van der Waals surface area contributed by atoms with Crippen LogP contribution >= 0.6 is 0 Å². The topological polar surface area (TPSA) is 94.5 Å².